The lowest BCUT2D eigenvalue weighted by molar-refractivity contribution is 0.235. The molecule has 2 aromatic rings. The summed E-state index contributed by atoms with van der Waals surface area (Å²) in [5.41, 5.74) is 2.51. The summed E-state index contributed by atoms with van der Waals surface area (Å²) in [4.78, 5) is 7.28. The van der Waals surface area contributed by atoms with Gasteiger partial charge in [-0.2, -0.15) is 0 Å². The van der Waals surface area contributed by atoms with Crippen LogP contribution in [0.5, 0.6) is 11.5 Å². The van der Waals surface area contributed by atoms with Crippen molar-refractivity contribution in [3.63, 3.8) is 0 Å². The predicted molar refractivity (Wildman–Crippen MR) is 122 cm³/mol. The first-order valence-electron chi connectivity index (χ1n) is 10.9. The van der Waals surface area contributed by atoms with Gasteiger partial charge < -0.3 is 25.0 Å². The Labute approximate surface area is 179 Å². The van der Waals surface area contributed by atoms with Crippen LogP contribution in [0.1, 0.15) is 18.9 Å². The third-order valence-electron chi connectivity index (χ3n) is 5.77. The molecule has 0 spiro atoms. The van der Waals surface area contributed by atoms with Gasteiger partial charge in [-0.1, -0.05) is 24.3 Å². The van der Waals surface area contributed by atoms with E-state index in [4.69, 9.17) is 14.5 Å². The zero-order chi connectivity index (χ0) is 20.8. The molecule has 0 saturated carbocycles. The number of para-hydroxylation sites is 1. The largest absolute Gasteiger partial charge is 0.497 e. The average molecular weight is 409 g/mol. The summed E-state index contributed by atoms with van der Waals surface area (Å²) in [6.45, 7) is 6.60. The Balaban J connectivity index is 1.28. The molecule has 6 heteroatoms. The normalized spacial score (nSPS) is 20.6. The minimum Gasteiger partial charge on any atom is -0.497 e. The van der Waals surface area contributed by atoms with E-state index < -0.39 is 0 Å². The molecule has 6 nitrogen and oxygen atoms in total. The topological polar surface area (TPSA) is 58.1 Å². The number of anilines is 1. The smallest absolute Gasteiger partial charge is 0.191 e. The predicted octanol–water partition coefficient (Wildman–Crippen LogP) is 3.08. The first-order chi connectivity index (χ1) is 14.7. The molecule has 1 fully saturated rings. The number of methoxy groups -OCH3 is 1. The van der Waals surface area contributed by atoms with Crippen molar-refractivity contribution in [3.8, 4) is 11.5 Å². The van der Waals surface area contributed by atoms with Crippen molar-refractivity contribution in [1.29, 1.82) is 0 Å². The lowest BCUT2D eigenvalue weighted by Gasteiger charge is -2.19. The lowest BCUT2D eigenvalue weighted by atomic mass is 10.1. The third kappa shape index (κ3) is 4.99. The fraction of sp³-hybridized carbons (Fsp3) is 0.458. The second-order valence-electron chi connectivity index (χ2n) is 7.95. The standard InChI is InChI=1S/C24H32N4O2/c1-3-25-24(27-16-22-13-19-7-4-5-10-23(19)30-22)26-15-18-11-12-28(17-18)20-8-6-9-21(14-20)29-2/h4-10,14,18,22H,3,11-13,15-17H2,1-2H3,(H2,25,26,27). The summed E-state index contributed by atoms with van der Waals surface area (Å²) < 4.78 is 11.4. The minimum absolute atomic E-state index is 0.154. The Morgan fingerprint density at radius 3 is 2.93 bits per heavy atom. The van der Waals surface area contributed by atoms with Gasteiger partial charge >= 0.3 is 0 Å². The van der Waals surface area contributed by atoms with Crippen LogP contribution in [-0.4, -0.2) is 51.9 Å². The highest BCUT2D eigenvalue weighted by atomic mass is 16.5. The van der Waals surface area contributed by atoms with Crippen molar-refractivity contribution in [1.82, 2.24) is 10.6 Å². The zero-order valence-corrected chi connectivity index (χ0v) is 17.9. The highest BCUT2D eigenvalue weighted by Crippen LogP contribution is 2.28. The van der Waals surface area contributed by atoms with E-state index in [2.05, 4.69) is 52.8 Å². The molecule has 2 aliphatic rings. The Morgan fingerprint density at radius 2 is 2.10 bits per heavy atom. The molecule has 160 valence electrons. The number of guanidine groups is 1. The summed E-state index contributed by atoms with van der Waals surface area (Å²) in [7, 11) is 1.71. The molecule has 2 aromatic carbocycles. The summed E-state index contributed by atoms with van der Waals surface area (Å²) in [5, 5.41) is 6.83. The van der Waals surface area contributed by atoms with Gasteiger partial charge in [0, 0.05) is 44.4 Å². The first kappa shape index (κ1) is 20.4. The number of aliphatic imine (C=N–C) groups is 1. The molecule has 2 aliphatic heterocycles. The van der Waals surface area contributed by atoms with E-state index in [1.54, 1.807) is 7.11 Å². The van der Waals surface area contributed by atoms with E-state index in [-0.39, 0.29) is 6.10 Å². The van der Waals surface area contributed by atoms with Gasteiger partial charge in [0.15, 0.2) is 5.96 Å². The van der Waals surface area contributed by atoms with Gasteiger partial charge in [-0.15, -0.1) is 0 Å². The summed E-state index contributed by atoms with van der Waals surface area (Å²) >= 11 is 0. The van der Waals surface area contributed by atoms with Gasteiger partial charge in [-0.05, 0) is 43.0 Å². The number of fused-ring (bicyclic) bond motifs is 1. The lowest BCUT2D eigenvalue weighted by Crippen LogP contribution is -2.42. The van der Waals surface area contributed by atoms with Gasteiger partial charge in [0.05, 0.1) is 13.7 Å². The Bertz CT molecular complexity index is 845. The van der Waals surface area contributed by atoms with Crippen molar-refractivity contribution in [2.75, 3.05) is 44.7 Å². The SMILES string of the molecule is CCNC(=NCC1CCN(c2cccc(OC)c2)C1)NCC1Cc2ccccc2O1. The number of hydrogen-bond acceptors (Lipinski definition) is 4. The van der Waals surface area contributed by atoms with E-state index in [1.807, 2.05) is 18.2 Å². The second-order valence-corrected chi connectivity index (χ2v) is 7.95. The number of ether oxygens (including phenoxy) is 2. The van der Waals surface area contributed by atoms with E-state index in [0.717, 1.165) is 63.0 Å². The fourth-order valence-corrected chi connectivity index (χ4v) is 4.16. The fourth-order valence-electron chi connectivity index (χ4n) is 4.16. The molecule has 0 aliphatic carbocycles. The van der Waals surface area contributed by atoms with Gasteiger partial charge in [-0.3, -0.25) is 4.99 Å². The molecule has 4 rings (SSSR count). The van der Waals surface area contributed by atoms with Crippen LogP contribution in [0.2, 0.25) is 0 Å². The molecule has 30 heavy (non-hydrogen) atoms. The molecule has 2 N–H and O–H groups in total. The maximum absolute atomic E-state index is 6.03. The second kappa shape index (κ2) is 9.74. The van der Waals surface area contributed by atoms with E-state index in [0.29, 0.717) is 5.92 Å². The minimum atomic E-state index is 0.154. The number of rotatable bonds is 7. The molecule has 0 aromatic heterocycles. The van der Waals surface area contributed by atoms with Gasteiger partial charge in [0.25, 0.3) is 0 Å². The Morgan fingerprint density at radius 1 is 1.20 bits per heavy atom. The Hall–Kier alpha value is -2.89. The molecule has 1 saturated heterocycles. The van der Waals surface area contributed by atoms with Crippen LogP contribution in [0, 0.1) is 5.92 Å². The van der Waals surface area contributed by atoms with Crippen molar-refractivity contribution in [3.05, 3.63) is 54.1 Å². The maximum atomic E-state index is 6.03. The van der Waals surface area contributed by atoms with E-state index >= 15 is 0 Å². The maximum Gasteiger partial charge on any atom is 0.191 e. The van der Waals surface area contributed by atoms with Crippen molar-refractivity contribution in [2.24, 2.45) is 10.9 Å². The quantitative estimate of drug-likeness (QED) is 0.545. The van der Waals surface area contributed by atoms with Crippen LogP contribution in [0.3, 0.4) is 0 Å². The molecule has 0 radical (unpaired) electrons. The van der Waals surface area contributed by atoms with Gasteiger partial charge in [0.2, 0.25) is 0 Å². The highest BCUT2D eigenvalue weighted by molar-refractivity contribution is 5.79. The van der Waals surface area contributed by atoms with E-state index in [9.17, 15) is 0 Å². The summed E-state index contributed by atoms with van der Waals surface area (Å²) in [6, 6.07) is 16.6. The molecule has 2 atom stereocenters. The number of nitrogens with one attached hydrogen (secondary N) is 2. The van der Waals surface area contributed by atoms with Gasteiger partial charge in [-0.25, -0.2) is 0 Å². The molecule has 0 bridgehead atoms. The van der Waals surface area contributed by atoms with Crippen molar-refractivity contribution < 1.29 is 9.47 Å². The average Bonchev–Trinajstić information content (AvgIpc) is 3.42. The first-order valence-corrected chi connectivity index (χ1v) is 10.9. The van der Waals surface area contributed by atoms with Crippen LogP contribution in [0.4, 0.5) is 5.69 Å². The van der Waals surface area contributed by atoms with Crippen LogP contribution in [0.15, 0.2) is 53.5 Å². The number of nitrogens with zero attached hydrogens (tertiary/aromatic N) is 2. The third-order valence-corrected chi connectivity index (χ3v) is 5.77. The van der Waals surface area contributed by atoms with Crippen LogP contribution >= 0.6 is 0 Å². The Kier molecular flexibility index (Phi) is 6.62. The molecular weight excluding hydrogens is 376 g/mol. The van der Waals surface area contributed by atoms with Gasteiger partial charge in [0.1, 0.15) is 17.6 Å². The summed E-state index contributed by atoms with van der Waals surface area (Å²) in [5.74, 6) is 3.34. The number of hydrogen-bond donors (Lipinski definition) is 2. The highest BCUT2D eigenvalue weighted by Gasteiger charge is 2.24. The summed E-state index contributed by atoms with van der Waals surface area (Å²) in [6.07, 6.45) is 2.25. The van der Waals surface area contributed by atoms with Crippen LogP contribution in [-0.2, 0) is 6.42 Å². The van der Waals surface area contributed by atoms with Crippen LogP contribution in [0.25, 0.3) is 0 Å². The molecule has 2 heterocycles. The molecule has 2 unspecified atom stereocenters. The molecule has 0 amide bonds. The van der Waals surface area contributed by atoms with Crippen molar-refractivity contribution >= 4 is 11.6 Å². The van der Waals surface area contributed by atoms with Crippen LogP contribution < -0.4 is 25.0 Å². The van der Waals surface area contributed by atoms with Crippen molar-refractivity contribution in [2.45, 2.75) is 25.9 Å². The molecular formula is C24H32N4O2. The van der Waals surface area contributed by atoms with E-state index in [1.165, 1.54) is 11.3 Å². The zero-order valence-electron chi connectivity index (χ0n) is 17.9. The monoisotopic (exact) mass is 408 g/mol. The number of benzene rings is 2.